The minimum Gasteiger partial charge on any atom is 0 e. The second-order valence-corrected chi connectivity index (χ2v) is 26.0. The van der Waals surface area contributed by atoms with Gasteiger partial charge in [0.25, 0.3) is 0 Å². The predicted molar refractivity (Wildman–Crippen MR) is 205 cm³/mol. The van der Waals surface area contributed by atoms with E-state index in [4.69, 9.17) is 4.98 Å². The molecule has 0 atom stereocenters. The van der Waals surface area contributed by atoms with Gasteiger partial charge in [-0.1, -0.05) is 66.6 Å². The SMILES string of the molecule is Cc1ccc2c(c1)sc1c(-c3cc(C(C)C)ccn3)[c-]c3sc4ccccc4c3c12.[CH3][Ge]([CH3])([CH3])[c]1ccc(-c2[c-]cccc2)nc1.[Ir]. The molecule has 47 heavy (non-hydrogen) atoms. The molecule has 0 bridgehead atoms. The zero-order valence-corrected chi connectivity index (χ0v) is 33.6. The van der Waals surface area contributed by atoms with Crippen molar-refractivity contribution in [2.45, 2.75) is 44.0 Å². The van der Waals surface area contributed by atoms with Gasteiger partial charge >= 0.3 is 99.8 Å². The Morgan fingerprint density at radius 3 is 2.26 bits per heavy atom. The maximum absolute atomic E-state index is 4.77. The minimum absolute atomic E-state index is 0. The summed E-state index contributed by atoms with van der Waals surface area (Å²) in [6.07, 6.45) is 3.98. The van der Waals surface area contributed by atoms with Crippen LogP contribution in [0.3, 0.4) is 0 Å². The van der Waals surface area contributed by atoms with E-state index in [0.29, 0.717) is 5.92 Å². The Morgan fingerprint density at radius 1 is 0.745 bits per heavy atom. The van der Waals surface area contributed by atoms with Crippen LogP contribution in [0.4, 0.5) is 0 Å². The van der Waals surface area contributed by atoms with E-state index in [0.717, 1.165) is 22.5 Å². The molecule has 1 radical (unpaired) electrons. The second-order valence-electron chi connectivity index (χ2n) is 13.2. The fraction of sp³-hybridized carbons (Fsp3) is 0.171. The summed E-state index contributed by atoms with van der Waals surface area (Å²) in [6, 6.07) is 39.2. The molecular formula is C41H36GeIrN2S2-2. The topological polar surface area (TPSA) is 25.8 Å². The monoisotopic (exact) mass is 887 g/mol. The zero-order valence-electron chi connectivity index (χ0n) is 27.4. The van der Waals surface area contributed by atoms with Gasteiger partial charge in [0.1, 0.15) is 0 Å². The first-order valence-electron chi connectivity index (χ1n) is 15.8. The molecular weight excluding hydrogens is 849 g/mol. The maximum Gasteiger partial charge on any atom is 0 e. The van der Waals surface area contributed by atoms with Crippen LogP contribution < -0.4 is 4.40 Å². The molecule has 2 nitrogen and oxygen atoms in total. The second kappa shape index (κ2) is 13.7. The first-order chi connectivity index (χ1) is 22.2. The fourth-order valence-electron chi connectivity index (χ4n) is 5.85. The molecule has 0 N–H and O–H groups in total. The Hall–Kier alpha value is -3.19. The van der Waals surface area contributed by atoms with Gasteiger partial charge < -0.3 is 4.98 Å². The van der Waals surface area contributed by atoms with E-state index >= 15 is 0 Å². The summed E-state index contributed by atoms with van der Waals surface area (Å²) in [5, 5.41) is 5.36. The van der Waals surface area contributed by atoms with Crippen LogP contribution in [0.5, 0.6) is 0 Å². The van der Waals surface area contributed by atoms with Crippen LogP contribution in [0.25, 0.3) is 62.9 Å². The molecule has 0 saturated heterocycles. The Kier molecular flexibility index (Phi) is 9.85. The van der Waals surface area contributed by atoms with Crippen LogP contribution in [-0.4, -0.2) is 23.2 Å². The van der Waals surface area contributed by atoms with Gasteiger partial charge in [-0.25, -0.2) is 0 Å². The molecule has 237 valence electrons. The number of aryl methyl sites for hydroxylation is 1. The van der Waals surface area contributed by atoms with Crippen molar-refractivity contribution in [2.24, 2.45) is 0 Å². The Bertz CT molecular complexity index is 2330. The summed E-state index contributed by atoms with van der Waals surface area (Å²) >= 11 is 1.99. The molecule has 0 aliphatic heterocycles. The molecule has 0 aliphatic carbocycles. The van der Waals surface area contributed by atoms with Crippen LogP contribution in [0.15, 0.2) is 103 Å². The average Bonchev–Trinajstić information content (AvgIpc) is 3.62. The van der Waals surface area contributed by atoms with E-state index in [2.05, 4.69) is 122 Å². The van der Waals surface area contributed by atoms with Gasteiger partial charge in [-0.2, -0.15) is 22.7 Å². The van der Waals surface area contributed by atoms with Crippen molar-refractivity contribution >= 4 is 80.7 Å². The van der Waals surface area contributed by atoms with Crippen molar-refractivity contribution in [1.29, 1.82) is 0 Å². The van der Waals surface area contributed by atoms with E-state index in [1.165, 1.54) is 55.9 Å². The van der Waals surface area contributed by atoms with Gasteiger partial charge in [0.2, 0.25) is 0 Å². The van der Waals surface area contributed by atoms with Crippen LogP contribution in [0.1, 0.15) is 30.9 Å². The molecule has 8 aromatic rings. The summed E-state index contributed by atoms with van der Waals surface area (Å²) in [6.45, 7) is 6.63. The number of hydrogen-bond donors (Lipinski definition) is 0. The molecule has 4 aromatic carbocycles. The number of pyridine rings is 2. The molecule has 0 saturated carbocycles. The molecule has 4 heterocycles. The van der Waals surface area contributed by atoms with Gasteiger partial charge in [-0.05, 0) is 62.5 Å². The largest absolute Gasteiger partial charge is 0 e. The standard InChI is InChI=1S/C27H20NS2.C14H16GeN.Ir/c1-15(2)17-10-11-28-21(13-17)20-14-24-25(18-6-4-5-7-22(18)29-24)26-19-9-8-16(3)12-23(19)30-27(20)26;1-15(2,3)13-9-10-14(16-11-13)12-7-5-4-6-8-12;/h4-13,15H,1-3H3;4-7,9-11H,1-3H3;/q2*-1;. The Labute approximate surface area is 301 Å². The van der Waals surface area contributed by atoms with E-state index in [9.17, 15) is 0 Å². The number of thiophene rings is 2. The van der Waals surface area contributed by atoms with Gasteiger partial charge in [-0.3, -0.25) is 0 Å². The van der Waals surface area contributed by atoms with Gasteiger partial charge in [0.05, 0.1) is 0 Å². The molecule has 0 amide bonds. The minimum atomic E-state index is -1.72. The molecule has 0 fully saturated rings. The van der Waals surface area contributed by atoms with E-state index in [1.54, 1.807) is 0 Å². The number of nitrogens with zero attached hydrogens (tertiary/aromatic N) is 2. The number of hydrogen-bond acceptors (Lipinski definition) is 4. The van der Waals surface area contributed by atoms with Gasteiger partial charge in [0, 0.05) is 35.7 Å². The Morgan fingerprint density at radius 2 is 1.53 bits per heavy atom. The van der Waals surface area contributed by atoms with E-state index < -0.39 is 13.3 Å². The third kappa shape index (κ3) is 6.75. The smallest absolute Gasteiger partial charge is 0 e. The summed E-state index contributed by atoms with van der Waals surface area (Å²) in [4.78, 5) is 9.30. The molecule has 0 aliphatic rings. The number of rotatable bonds is 4. The molecule has 8 rings (SSSR count). The summed E-state index contributed by atoms with van der Waals surface area (Å²) < 4.78 is 6.61. The number of benzene rings is 4. The number of fused-ring (bicyclic) bond motifs is 7. The molecule has 4 aromatic heterocycles. The molecule has 0 spiro atoms. The first kappa shape index (κ1) is 33.7. The van der Waals surface area contributed by atoms with Crippen LogP contribution in [0.2, 0.25) is 17.3 Å². The van der Waals surface area contributed by atoms with Crippen molar-refractivity contribution in [3.63, 3.8) is 0 Å². The fourth-order valence-corrected chi connectivity index (χ4v) is 10.5. The van der Waals surface area contributed by atoms with E-state index in [-0.39, 0.29) is 20.1 Å². The average molecular weight is 886 g/mol. The predicted octanol–water partition coefficient (Wildman–Crippen LogP) is 11.8. The normalized spacial score (nSPS) is 11.6. The van der Waals surface area contributed by atoms with Crippen molar-refractivity contribution in [1.82, 2.24) is 9.97 Å². The van der Waals surface area contributed by atoms with Gasteiger partial charge in [-0.15, -0.1) is 11.6 Å². The van der Waals surface area contributed by atoms with Crippen LogP contribution >= 0.6 is 22.7 Å². The van der Waals surface area contributed by atoms with E-state index in [1.807, 2.05) is 59.3 Å². The Balaban J connectivity index is 0.000000194. The third-order valence-electron chi connectivity index (χ3n) is 8.48. The first-order valence-corrected chi connectivity index (χ1v) is 24.7. The van der Waals surface area contributed by atoms with Crippen molar-refractivity contribution in [3.8, 4) is 22.5 Å². The third-order valence-corrected chi connectivity index (χ3v) is 15.0. The summed E-state index contributed by atoms with van der Waals surface area (Å²) in [5.41, 5.74) is 6.84. The summed E-state index contributed by atoms with van der Waals surface area (Å²) in [5.74, 6) is 7.61. The molecule has 0 unspecified atom stereocenters. The maximum atomic E-state index is 4.77. The zero-order chi connectivity index (χ0) is 32.0. The van der Waals surface area contributed by atoms with Crippen molar-refractivity contribution < 1.29 is 20.1 Å². The number of aromatic nitrogens is 2. The van der Waals surface area contributed by atoms with Crippen LogP contribution in [-0.2, 0) is 20.1 Å². The van der Waals surface area contributed by atoms with Gasteiger partial charge in [0.15, 0.2) is 0 Å². The van der Waals surface area contributed by atoms with Crippen molar-refractivity contribution in [2.75, 3.05) is 0 Å². The van der Waals surface area contributed by atoms with Crippen molar-refractivity contribution in [3.05, 3.63) is 127 Å². The summed E-state index contributed by atoms with van der Waals surface area (Å²) in [7, 11) is 0. The molecule has 6 heteroatoms. The quantitative estimate of drug-likeness (QED) is 0.130. The van der Waals surface area contributed by atoms with Crippen LogP contribution in [0, 0.1) is 19.1 Å².